The Balaban J connectivity index is 2.32. The number of nitrogens with two attached hydrogens (primary N) is 1. The lowest BCUT2D eigenvalue weighted by molar-refractivity contribution is 0.100. The Labute approximate surface area is 104 Å². The number of benzene rings is 2. The number of para-hydroxylation sites is 1. The van der Waals surface area contributed by atoms with E-state index in [9.17, 15) is 9.90 Å². The molecule has 0 saturated carbocycles. The van der Waals surface area contributed by atoms with Gasteiger partial charge in [-0.2, -0.15) is 0 Å². The van der Waals surface area contributed by atoms with Crippen molar-refractivity contribution in [2.45, 2.75) is 0 Å². The molecule has 2 aromatic rings. The average molecular weight is 240 g/mol. The fourth-order valence-corrected chi connectivity index (χ4v) is 1.54. The summed E-state index contributed by atoms with van der Waals surface area (Å²) in [6.45, 7) is 0. The predicted octanol–water partition coefficient (Wildman–Crippen LogP) is 2.24. The molecule has 0 radical (unpaired) electrons. The van der Waals surface area contributed by atoms with Crippen molar-refractivity contribution in [3.8, 4) is 5.75 Å². The van der Waals surface area contributed by atoms with E-state index >= 15 is 0 Å². The molecule has 0 heterocycles. The zero-order valence-electron chi connectivity index (χ0n) is 9.58. The molecule has 4 nitrogen and oxygen atoms in total. The summed E-state index contributed by atoms with van der Waals surface area (Å²) >= 11 is 0. The highest BCUT2D eigenvalue weighted by atomic mass is 16.3. The number of amides is 1. The molecule has 0 saturated heterocycles. The lowest BCUT2D eigenvalue weighted by Crippen LogP contribution is -2.10. The summed E-state index contributed by atoms with van der Waals surface area (Å²) in [6, 6.07) is 13.5. The molecule has 18 heavy (non-hydrogen) atoms. The fraction of sp³-hybridized carbons (Fsp3) is 0. The third-order valence-corrected chi connectivity index (χ3v) is 2.39. The third kappa shape index (κ3) is 2.74. The normalized spacial score (nSPS) is 10.7. The first-order valence-electron chi connectivity index (χ1n) is 5.39. The van der Waals surface area contributed by atoms with E-state index in [1.807, 2.05) is 0 Å². The van der Waals surface area contributed by atoms with Crippen molar-refractivity contribution in [1.82, 2.24) is 0 Å². The van der Waals surface area contributed by atoms with Crippen molar-refractivity contribution >= 4 is 17.8 Å². The van der Waals surface area contributed by atoms with Crippen LogP contribution in [0.1, 0.15) is 15.9 Å². The second kappa shape index (κ2) is 5.14. The van der Waals surface area contributed by atoms with Crippen LogP contribution in [-0.4, -0.2) is 17.2 Å². The lowest BCUT2D eigenvalue weighted by atomic mass is 10.1. The van der Waals surface area contributed by atoms with Crippen LogP contribution in [0, 0.1) is 0 Å². The number of primary amides is 1. The van der Waals surface area contributed by atoms with Gasteiger partial charge >= 0.3 is 0 Å². The van der Waals surface area contributed by atoms with Gasteiger partial charge in [-0.25, -0.2) is 0 Å². The minimum atomic E-state index is -0.515. The molecule has 0 unspecified atom stereocenters. The van der Waals surface area contributed by atoms with Gasteiger partial charge < -0.3 is 10.8 Å². The van der Waals surface area contributed by atoms with E-state index in [1.54, 1.807) is 54.7 Å². The Morgan fingerprint density at radius 3 is 2.67 bits per heavy atom. The molecule has 0 fully saturated rings. The highest BCUT2D eigenvalue weighted by Gasteiger charge is 2.04. The molecule has 3 N–H and O–H groups in total. The second-order valence-corrected chi connectivity index (χ2v) is 3.73. The number of aliphatic imine (C=N–C) groups is 1. The van der Waals surface area contributed by atoms with E-state index in [2.05, 4.69) is 4.99 Å². The van der Waals surface area contributed by atoms with Gasteiger partial charge in [0, 0.05) is 6.21 Å². The second-order valence-electron chi connectivity index (χ2n) is 3.73. The maximum absolute atomic E-state index is 11.2. The molecule has 0 spiro atoms. The first-order chi connectivity index (χ1) is 8.66. The first kappa shape index (κ1) is 11.9. The zero-order chi connectivity index (χ0) is 13.0. The number of nitrogens with zero attached hydrogens (tertiary/aromatic N) is 1. The molecule has 1 amide bonds. The van der Waals surface area contributed by atoms with Gasteiger partial charge in [-0.3, -0.25) is 9.79 Å². The lowest BCUT2D eigenvalue weighted by Gasteiger charge is -2.00. The maximum atomic E-state index is 11.2. The van der Waals surface area contributed by atoms with E-state index in [1.165, 1.54) is 0 Å². The summed E-state index contributed by atoms with van der Waals surface area (Å²) in [7, 11) is 0. The van der Waals surface area contributed by atoms with Crippen molar-refractivity contribution in [2.24, 2.45) is 10.7 Å². The number of rotatable bonds is 3. The van der Waals surface area contributed by atoms with E-state index < -0.39 is 5.91 Å². The van der Waals surface area contributed by atoms with Gasteiger partial charge in [0.25, 0.3) is 5.91 Å². The Bertz CT molecular complexity index is 606. The highest BCUT2D eigenvalue weighted by molar-refractivity contribution is 5.98. The van der Waals surface area contributed by atoms with E-state index in [0.717, 1.165) is 5.56 Å². The van der Waals surface area contributed by atoms with Crippen LogP contribution in [0.2, 0.25) is 0 Å². The Hall–Kier alpha value is -2.62. The largest absolute Gasteiger partial charge is 0.508 e. The summed E-state index contributed by atoms with van der Waals surface area (Å²) in [4.78, 5) is 15.4. The summed E-state index contributed by atoms with van der Waals surface area (Å²) in [5, 5.41) is 9.32. The van der Waals surface area contributed by atoms with Gasteiger partial charge in [0.15, 0.2) is 0 Å². The Kier molecular flexibility index (Phi) is 3.38. The zero-order valence-corrected chi connectivity index (χ0v) is 9.58. The summed E-state index contributed by atoms with van der Waals surface area (Å²) in [5.74, 6) is -0.346. The van der Waals surface area contributed by atoms with E-state index in [0.29, 0.717) is 11.3 Å². The minimum Gasteiger partial charge on any atom is -0.508 e. The smallest absolute Gasteiger partial charge is 0.250 e. The maximum Gasteiger partial charge on any atom is 0.250 e. The molecule has 4 heteroatoms. The van der Waals surface area contributed by atoms with Crippen molar-refractivity contribution < 1.29 is 9.90 Å². The molecule has 0 aliphatic carbocycles. The molecular formula is C14H12N2O2. The molecule has 0 aromatic heterocycles. The molecule has 90 valence electrons. The molecule has 2 rings (SSSR count). The molecule has 0 aliphatic heterocycles. The van der Waals surface area contributed by atoms with Crippen LogP contribution in [0.15, 0.2) is 53.5 Å². The predicted molar refractivity (Wildman–Crippen MR) is 70.3 cm³/mol. The number of hydrogen-bond donors (Lipinski definition) is 2. The molecule has 0 atom stereocenters. The van der Waals surface area contributed by atoms with Gasteiger partial charge in [0.2, 0.25) is 0 Å². The number of phenols is 1. The topological polar surface area (TPSA) is 75.7 Å². The third-order valence-electron chi connectivity index (χ3n) is 2.39. The van der Waals surface area contributed by atoms with Crippen LogP contribution in [-0.2, 0) is 0 Å². The Morgan fingerprint density at radius 1 is 1.17 bits per heavy atom. The van der Waals surface area contributed by atoms with Crippen LogP contribution in [0.5, 0.6) is 5.75 Å². The van der Waals surface area contributed by atoms with Crippen molar-refractivity contribution in [1.29, 1.82) is 0 Å². The van der Waals surface area contributed by atoms with Crippen LogP contribution in [0.4, 0.5) is 5.69 Å². The standard InChI is InChI=1S/C14H12N2O2/c15-14(18)12-6-1-2-7-13(12)16-9-10-4-3-5-11(17)8-10/h1-9,17H,(H2,15,18)/b16-9+. The monoisotopic (exact) mass is 240 g/mol. The quantitative estimate of drug-likeness (QED) is 0.807. The SMILES string of the molecule is NC(=O)c1ccccc1/N=C/c1cccc(O)c1. The van der Waals surface area contributed by atoms with Gasteiger partial charge in [-0.1, -0.05) is 24.3 Å². The van der Waals surface area contributed by atoms with Crippen LogP contribution in [0.3, 0.4) is 0 Å². The summed E-state index contributed by atoms with van der Waals surface area (Å²) in [6.07, 6.45) is 1.57. The van der Waals surface area contributed by atoms with E-state index in [4.69, 9.17) is 5.73 Å². The first-order valence-corrected chi connectivity index (χ1v) is 5.39. The van der Waals surface area contributed by atoms with Crippen molar-refractivity contribution in [3.05, 3.63) is 59.7 Å². The minimum absolute atomic E-state index is 0.169. The number of hydrogen-bond acceptors (Lipinski definition) is 3. The van der Waals surface area contributed by atoms with Gasteiger partial charge in [0.1, 0.15) is 5.75 Å². The molecule has 0 aliphatic rings. The van der Waals surface area contributed by atoms with Gasteiger partial charge in [-0.15, -0.1) is 0 Å². The fourth-order valence-electron chi connectivity index (χ4n) is 1.54. The molecular weight excluding hydrogens is 228 g/mol. The number of aromatic hydroxyl groups is 1. The average Bonchev–Trinajstić information content (AvgIpc) is 2.37. The molecule has 0 bridgehead atoms. The highest BCUT2D eigenvalue weighted by Crippen LogP contribution is 2.18. The summed E-state index contributed by atoms with van der Waals surface area (Å²) in [5.41, 5.74) is 6.88. The van der Waals surface area contributed by atoms with Crippen molar-refractivity contribution in [2.75, 3.05) is 0 Å². The number of phenolic OH excluding ortho intramolecular Hbond substituents is 1. The van der Waals surface area contributed by atoms with Gasteiger partial charge in [-0.05, 0) is 29.8 Å². The van der Waals surface area contributed by atoms with E-state index in [-0.39, 0.29) is 5.75 Å². The van der Waals surface area contributed by atoms with Crippen LogP contribution < -0.4 is 5.73 Å². The van der Waals surface area contributed by atoms with Gasteiger partial charge in [0.05, 0.1) is 11.3 Å². The molecule has 2 aromatic carbocycles. The van der Waals surface area contributed by atoms with Crippen molar-refractivity contribution in [3.63, 3.8) is 0 Å². The number of carbonyl (C=O) groups excluding carboxylic acids is 1. The number of carbonyl (C=O) groups is 1. The van der Waals surface area contributed by atoms with Crippen LogP contribution in [0.25, 0.3) is 0 Å². The summed E-state index contributed by atoms with van der Waals surface area (Å²) < 4.78 is 0. The Morgan fingerprint density at radius 2 is 1.94 bits per heavy atom. The van der Waals surface area contributed by atoms with Crippen LogP contribution >= 0.6 is 0 Å².